The van der Waals surface area contributed by atoms with Gasteiger partial charge in [0.1, 0.15) is 5.75 Å². The maximum atomic E-state index is 13.3. The van der Waals surface area contributed by atoms with Gasteiger partial charge in [-0.3, -0.25) is 14.9 Å². The summed E-state index contributed by atoms with van der Waals surface area (Å²) in [6.45, 7) is 0.141. The number of ether oxygens (including phenoxy) is 1. The molecule has 2 aromatic carbocycles. The van der Waals surface area contributed by atoms with Gasteiger partial charge in [-0.25, -0.2) is 8.42 Å². The molecule has 0 radical (unpaired) electrons. The van der Waals surface area contributed by atoms with Crippen LogP contribution in [0.5, 0.6) is 5.75 Å². The number of nitrogens with zero attached hydrogens (tertiary/aromatic N) is 2. The normalized spacial score (nSPS) is 17.7. The number of non-ortho nitro benzene ring substituents is 1. The van der Waals surface area contributed by atoms with Crippen LogP contribution in [0, 0.1) is 10.1 Å². The largest absolute Gasteiger partial charge is 0.497 e. The summed E-state index contributed by atoms with van der Waals surface area (Å²) in [4.78, 5) is 25.2. The van der Waals surface area contributed by atoms with Crippen LogP contribution in [0.15, 0.2) is 42.5 Å². The van der Waals surface area contributed by atoms with Crippen molar-refractivity contribution in [1.29, 1.82) is 0 Å². The summed E-state index contributed by atoms with van der Waals surface area (Å²) in [7, 11) is -1.71. The molecule has 1 amide bonds. The molecule has 8 nitrogen and oxygen atoms in total. The van der Waals surface area contributed by atoms with E-state index >= 15 is 0 Å². The number of nitro benzene ring substituents is 1. The van der Waals surface area contributed by atoms with Crippen LogP contribution < -0.4 is 4.74 Å². The number of carbonyl (C=O) groups is 1. The predicted octanol–water partition coefficient (Wildman–Crippen LogP) is 3.09. The van der Waals surface area contributed by atoms with Gasteiger partial charge in [-0.2, -0.15) is 0 Å². The molecule has 0 N–H and O–H groups in total. The zero-order valence-corrected chi connectivity index (χ0v) is 17.1. The van der Waals surface area contributed by atoms with E-state index in [2.05, 4.69) is 0 Å². The van der Waals surface area contributed by atoms with Crippen molar-refractivity contribution >= 4 is 33.0 Å². The minimum Gasteiger partial charge on any atom is -0.497 e. The highest BCUT2D eigenvalue weighted by Crippen LogP contribution is 2.28. The van der Waals surface area contributed by atoms with E-state index in [1.165, 1.54) is 17.0 Å². The van der Waals surface area contributed by atoms with Crippen molar-refractivity contribution in [3.63, 3.8) is 0 Å². The van der Waals surface area contributed by atoms with E-state index in [0.29, 0.717) is 12.2 Å². The van der Waals surface area contributed by atoms with Crippen LogP contribution >= 0.6 is 11.6 Å². The van der Waals surface area contributed by atoms with Crippen LogP contribution in [-0.4, -0.2) is 48.8 Å². The Hall–Kier alpha value is -2.65. The van der Waals surface area contributed by atoms with E-state index in [9.17, 15) is 23.3 Å². The number of amides is 1. The number of methoxy groups -OCH3 is 1. The number of carbonyl (C=O) groups excluding carboxylic acids is 1. The molecule has 1 atom stereocenters. The maximum absolute atomic E-state index is 13.3. The monoisotopic (exact) mass is 438 g/mol. The topological polar surface area (TPSA) is 107 Å². The Balaban J connectivity index is 1.97. The summed E-state index contributed by atoms with van der Waals surface area (Å²) < 4.78 is 29.1. The number of sulfone groups is 1. The highest BCUT2D eigenvalue weighted by atomic mass is 35.5. The van der Waals surface area contributed by atoms with Crippen molar-refractivity contribution in [1.82, 2.24) is 4.90 Å². The first-order valence-electron chi connectivity index (χ1n) is 8.78. The second-order valence-corrected chi connectivity index (χ2v) is 9.40. The first-order chi connectivity index (χ1) is 13.7. The summed E-state index contributed by atoms with van der Waals surface area (Å²) in [5.74, 6) is -0.0535. The maximum Gasteiger partial charge on any atom is 0.270 e. The summed E-state index contributed by atoms with van der Waals surface area (Å²) in [6, 6.07) is 10.1. The molecule has 1 fully saturated rings. The lowest BCUT2D eigenvalue weighted by Crippen LogP contribution is -2.40. The lowest BCUT2D eigenvalue weighted by Gasteiger charge is -2.29. The number of rotatable bonds is 6. The van der Waals surface area contributed by atoms with Gasteiger partial charge in [0.15, 0.2) is 9.84 Å². The van der Waals surface area contributed by atoms with E-state index in [1.54, 1.807) is 31.4 Å². The number of nitro groups is 1. The van der Waals surface area contributed by atoms with E-state index in [-0.39, 0.29) is 34.3 Å². The van der Waals surface area contributed by atoms with Gasteiger partial charge >= 0.3 is 0 Å². The third-order valence-corrected chi connectivity index (χ3v) is 6.89. The molecule has 2 aromatic rings. The Morgan fingerprint density at radius 3 is 2.52 bits per heavy atom. The molecule has 29 heavy (non-hydrogen) atoms. The van der Waals surface area contributed by atoms with Crippen LogP contribution in [0.25, 0.3) is 0 Å². The minimum absolute atomic E-state index is 0.00721. The molecular weight excluding hydrogens is 420 g/mol. The molecule has 10 heteroatoms. The molecule has 3 rings (SSSR count). The molecular formula is C19H19ClN2O6S. The minimum atomic E-state index is -3.25. The van der Waals surface area contributed by atoms with E-state index in [4.69, 9.17) is 16.3 Å². The molecule has 0 saturated carbocycles. The van der Waals surface area contributed by atoms with Crippen LogP contribution in [0.2, 0.25) is 5.02 Å². The van der Waals surface area contributed by atoms with Crippen molar-refractivity contribution < 1.29 is 22.9 Å². The lowest BCUT2D eigenvalue weighted by molar-refractivity contribution is -0.384. The summed E-state index contributed by atoms with van der Waals surface area (Å²) in [6.07, 6.45) is 0.302. The third kappa shape index (κ3) is 4.86. The second kappa shape index (κ2) is 8.38. The average Bonchev–Trinajstić information content (AvgIpc) is 3.05. The lowest BCUT2D eigenvalue weighted by atomic mass is 10.1. The van der Waals surface area contributed by atoms with Crippen molar-refractivity contribution in [2.45, 2.75) is 19.0 Å². The van der Waals surface area contributed by atoms with Gasteiger partial charge in [0.25, 0.3) is 11.6 Å². The molecule has 1 heterocycles. The molecule has 0 aromatic heterocycles. The Morgan fingerprint density at radius 1 is 1.28 bits per heavy atom. The predicted molar refractivity (Wildman–Crippen MR) is 108 cm³/mol. The summed E-state index contributed by atoms with van der Waals surface area (Å²) in [5.41, 5.74) is 0.477. The fraction of sp³-hybridized carbons (Fsp3) is 0.316. The highest BCUT2D eigenvalue weighted by Gasteiger charge is 2.36. The van der Waals surface area contributed by atoms with Gasteiger partial charge in [-0.1, -0.05) is 23.7 Å². The van der Waals surface area contributed by atoms with Gasteiger partial charge in [0, 0.05) is 24.7 Å². The summed E-state index contributed by atoms with van der Waals surface area (Å²) >= 11 is 6.14. The zero-order chi connectivity index (χ0) is 21.2. The Kier molecular flexibility index (Phi) is 6.09. The third-order valence-electron chi connectivity index (χ3n) is 4.81. The molecule has 0 bridgehead atoms. The van der Waals surface area contributed by atoms with Crippen molar-refractivity contribution in [3.8, 4) is 5.75 Å². The fourth-order valence-electron chi connectivity index (χ4n) is 3.26. The standard InChI is InChI=1S/C19H19ClN2O6S/c1-28-16-5-2-13(3-6-16)11-21(15-8-9-29(26,27)12-15)19(23)17-10-14(22(24)25)4-7-18(17)20/h2-7,10,15H,8-9,11-12H2,1H3. The van der Waals surface area contributed by atoms with Gasteiger partial charge in [0.05, 0.1) is 34.1 Å². The summed E-state index contributed by atoms with van der Waals surface area (Å²) in [5, 5.41) is 11.2. The van der Waals surface area contributed by atoms with E-state index in [0.717, 1.165) is 11.6 Å². The van der Waals surface area contributed by atoms with Gasteiger partial charge in [-0.05, 0) is 30.2 Å². The van der Waals surface area contributed by atoms with Crippen molar-refractivity contribution in [2.75, 3.05) is 18.6 Å². The molecule has 1 aliphatic rings. The first kappa shape index (κ1) is 21.1. The molecule has 0 spiro atoms. The Labute approximate surface area is 173 Å². The number of halogens is 1. The Morgan fingerprint density at radius 2 is 1.97 bits per heavy atom. The smallest absolute Gasteiger partial charge is 0.270 e. The molecule has 1 saturated heterocycles. The molecule has 1 aliphatic heterocycles. The number of hydrogen-bond acceptors (Lipinski definition) is 6. The first-order valence-corrected chi connectivity index (χ1v) is 11.0. The van der Waals surface area contributed by atoms with Crippen LogP contribution in [-0.2, 0) is 16.4 Å². The van der Waals surface area contributed by atoms with Gasteiger partial charge in [-0.15, -0.1) is 0 Å². The zero-order valence-electron chi connectivity index (χ0n) is 15.6. The van der Waals surface area contributed by atoms with Crippen LogP contribution in [0.3, 0.4) is 0 Å². The van der Waals surface area contributed by atoms with Crippen molar-refractivity contribution in [3.05, 3.63) is 68.7 Å². The SMILES string of the molecule is COc1ccc(CN(C(=O)c2cc([N+](=O)[O-])ccc2Cl)C2CCS(=O)(=O)C2)cc1. The van der Waals surface area contributed by atoms with Gasteiger partial charge < -0.3 is 9.64 Å². The van der Waals surface area contributed by atoms with Crippen molar-refractivity contribution in [2.24, 2.45) is 0 Å². The Bertz CT molecular complexity index is 1040. The van der Waals surface area contributed by atoms with Crippen LogP contribution in [0.1, 0.15) is 22.3 Å². The number of benzene rings is 2. The molecule has 1 unspecified atom stereocenters. The van der Waals surface area contributed by atoms with Gasteiger partial charge in [0.2, 0.25) is 0 Å². The highest BCUT2D eigenvalue weighted by molar-refractivity contribution is 7.91. The molecule has 0 aliphatic carbocycles. The fourth-order valence-corrected chi connectivity index (χ4v) is 5.19. The van der Waals surface area contributed by atoms with Crippen LogP contribution in [0.4, 0.5) is 5.69 Å². The van der Waals surface area contributed by atoms with E-state index < -0.39 is 26.7 Å². The average molecular weight is 439 g/mol. The number of hydrogen-bond donors (Lipinski definition) is 0. The van der Waals surface area contributed by atoms with E-state index in [1.807, 2.05) is 0 Å². The quantitative estimate of drug-likeness (QED) is 0.506. The molecule has 154 valence electrons. The second-order valence-electron chi connectivity index (χ2n) is 6.76.